The minimum Gasteiger partial charge on any atom is -0.381 e. The van der Waals surface area contributed by atoms with Gasteiger partial charge in [-0.2, -0.15) is 0 Å². The van der Waals surface area contributed by atoms with Gasteiger partial charge in [-0.15, -0.1) is 0 Å². The number of guanidine groups is 1. The highest BCUT2D eigenvalue weighted by atomic mass is 16.5. The minimum absolute atomic E-state index is 0.371. The Morgan fingerprint density at radius 1 is 1.26 bits per heavy atom. The molecule has 0 saturated heterocycles. The van der Waals surface area contributed by atoms with Gasteiger partial charge < -0.3 is 19.9 Å². The molecule has 0 aromatic carbocycles. The smallest absolute Gasteiger partial charge is 0.191 e. The lowest BCUT2D eigenvalue weighted by atomic mass is 10.1. The molecule has 0 radical (unpaired) electrons. The monoisotopic (exact) mass is 324 g/mol. The van der Waals surface area contributed by atoms with Crippen LogP contribution in [0.5, 0.6) is 0 Å². The zero-order valence-electron chi connectivity index (χ0n) is 15.0. The first-order valence-electron chi connectivity index (χ1n) is 8.72. The van der Waals surface area contributed by atoms with E-state index in [1.807, 2.05) is 6.07 Å². The molecule has 1 rings (SSSR count). The van der Waals surface area contributed by atoms with Gasteiger partial charge in [-0.3, -0.25) is 0 Å². The van der Waals surface area contributed by atoms with Gasteiger partial charge in [-0.05, 0) is 25.7 Å². The molecule has 2 N–H and O–H groups in total. The van der Waals surface area contributed by atoms with Crippen molar-refractivity contribution in [3.63, 3.8) is 0 Å². The maximum Gasteiger partial charge on any atom is 0.191 e. The van der Waals surface area contributed by atoms with Crippen LogP contribution in [0.25, 0.3) is 0 Å². The highest BCUT2D eigenvalue weighted by molar-refractivity contribution is 5.79. The number of hydrogen-bond donors (Lipinski definition) is 2. The summed E-state index contributed by atoms with van der Waals surface area (Å²) < 4.78 is 10.8. The van der Waals surface area contributed by atoms with E-state index in [4.69, 9.17) is 9.26 Å². The minimum atomic E-state index is 0.371. The lowest BCUT2D eigenvalue weighted by molar-refractivity contribution is 0.129. The standard InChI is InChI=1S/C17H32N4O2/c1-5-7-10-22-11-8-9-19-17(18-6-2)20-13-15-12-16(14(3)4)21-23-15/h12,14H,5-11,13H2,1-4H3,(H2,18,19,20). The molecule has 0 bridgehead atoms. The molecule has 0 fully saturated rings. The first-order chi connectivity index (χ1) is 11.2. The highest BCUT2D eigenvalue weighted by Gasteiger charge is 2.07. The van der Waals surface area contributed by atoms with Crippen molar-refractivity contribution in [3.8, 4) is 0 Å². The van der Waals surface area contributed by atoms with E-state index >= 15 is 0 Å². The van der Waals surface area contributed by atoms with Crippen molar-refractivity contribution in [1.82, 2.24) is 15.8 Å². The van der Waals surface area contributed by atoms with Crippen LogP contribution >= 0.6 is 0 Å². The highest BCUT2D eigenvalue weighted by Crippen LogP contribution is 2.14. The van der Waals surface area contributed by atoms with Crippen molar-refractivity contribution >= 4 is 5.96 Å². The molecule has 0 amide bonds. The van der Waals surface area contributed by atoms with Gasteiger partial charge in [0, 0.05) is 32.4 Å². The average molecular weight is 324 g/mol. The van der Waals surface area contributed by atoms with Crippen LogP contribution < -0.4 is 10.6 Å². The predicted octanol–water partition coefficient (Wildman–Crippen LogP) is 3.06. The number of ether oxygens (including phenoxy) is 1. The van der Waals surface area contributed by atoms with Crippen molar-refractivity contribution < 1.29 is 9.26 Å². The maximum atomic E-state index is 5.55. The summed E-state index contributed by atoms with van der Waals surface area (Å²) in [5, 5.41) is 10.6. The second-order valence-corrected chi connectivity index (χ2v) is 5.81. The zero-order chi connectivity index (χ0) is 16.9. The molecule has 1 aromatic rings. The average Bonchev–Trinajstić information content (AvgIpc) is 3.01. The lowest BCUT2D eigenvalue weighted by Gasteiger charge is -2.10. The third-order valence-corrected chi connectivity index (χ3v) is 3.31. The summed E-state index contributed by atoms with van der Waals surface area (Å²) in [6, 6.07) is 1.97. The van der Waals surface area contributed by atoms with Crippen LogP contribution in [0.2, 0.25) is 0 Å². The van der Waals surface area contributed by atoms with E-state index < -0.39 is 0 Å². The molecule has 0 saturated carbocycles. The second-order valence-electron chi connectivity index (χ2n) is 5.81. The molecule has 0 atom stereocenters. The van der Waals surface area contributed by atoms with Gasteiger partial charge in [0.15, 0.2) is 11.7 Å². The quantitative estimate of drug-likeness (QED) is 0.372. The van der Waals surface area contributed by atoms with Gasteiger partial charge in [-0.25, -0.2) is 4.99 Å². The summed E-state index contributed by atoms with van der Waals surface area (Å²) in [4.78, 5) is 4.52. The summed E-state index contributed by atoms with van der Waals surface area (Å²) >= 11 is 0. The molecule has 6 heteroatoms. The van der Waals surface area contributed by atoms with Crippen LogP contribution in [-0.4, -0.2) is 37.4 Å². The lowest BCUT2D eigenvalue weighted by Crippen LogP contribution is -2.38. The maximum absolute atomic E-state index is 5.55. The number of unbranched alkanes of at least 4 members (excludes halogenated alkanes) is 1. The van der Waals surface area contributed by atoms with Crippen molar-refractivity contribution in [2.24, 2.45) is 4.99 Å². The summed E-state index contributed by atoms with van der Waals surface area (Å²) in [5.41, 5.74) is 0.970. The third kappa shape index (κ3) is 8.59. The molecule has 0 spiro atoms. The van der Waals surface area contributed by atoms with Crippen LogP contribution in [-0.2, 0) is 11.3 Å². The first-order valence-corrected chi connectivity index (χ1v) is 8.72. The normalized spacial score (nSPS) is 12.0. The van der Waals surface area contributed by atoms with E-state index in [1.165, 1.54) is 6.42 Å². The number of nitrogens with one attached hydrogen (secondary N) is 2. The van der Waals surface area contributed by atoms with E-state index in [2.05, 4.69) is 48.5 Å². The Bertz CT molecular complexity index is 444. The Morgan fingerprint density at radius 2 is 2.04 bits per heavy atom. The van der Waals surface area contributed by atoms with E-state index in [0.29, 0.717) is 12.5 Å². The number of rotatable bonds is 11. The van der Waals surface area contributed by atoms with E-state index in [-0.39, 0.29) is 0 Å². The Kier molecular flexibility index (Phi) is 10.1. The molecule has 132 valence electrons. The van der Waals surface area contributed by atoms with Crippen molar-refractivity contribution in [3.05, 3.63) is 17.5 Å². The zero-order valence-corrected chi connectivity index (χ0v) is 15.0. The molecule has 0 aliphatic rings. The molecule has 1 heterocycles. The second kappa shape index (κ2) is 11.9. The molecule has 0 aliphatic carbocycles. The van der Waals surface area contributed by atoms with E-state index in [1.54, 1.807) is 0 Å². The van der Waals surface area contributed by atoms with E-state index in [9.17, 15) is 0 Å². The molecule has 0 aliphatic heterocycles. The van der Waals surface area contributed by atoms with Crippen LogP contribution in [0.1, 0.15) is 64.3 Å². The van der Waals surface area contributed by atoms with E-state index in [0.717, 1.165) is 56.6 Å². The molecular formula is C17H32N4O2. The van der Waals surface area contributed by atoms with Crippen LogP contribution in [0.4, 0.5) is 0 Å². The van der Waals surface area contributed by atoms with Crippen molar-refractivity contribution in [2.45, 2.75) is 59.4 Å². The molecule has 0 unspecified atom stereocenters. The predicted molar refractivity (Wildman–Crippen MR) is 93.8 cm³/mol. The van der Waals surface area contributed by atoms with Gasteiger partial charge in [-0.1, -0.05) is 32.3 Å². The Hall–Kier alpha value is -1.56. The molecule has 6 nitrogen and oxygen atoms in total. The summed E-state index contributed by atoms with van der Waals surface area (Å²) in [6.07, 6.45) is 3.27. The van der Waals surface area contributed by atoms with Crippen molar-refractivity contribution in [2.75, 3.05) is 26.3 Å². The molecule has 1 aromatic heterocycles. The Morgan fingerprint density at radius 3 is 2.70 bits per heavy atom. The fourth-order valence-electron chi connectivity index (χ4n) is 1.90. The summed E-state index contributed by atoms with van der Waals surface area (Å²) in [7, 11) is 0. The van der Waals surface area contributed by atoms with Crippen molar-refractivity contribution in [1.29, 1.82) is 0 Å². The van der Waals surface area contributed by atoms with Crippen LogP contribution in [0.15, 0.2) is 15.6 Å². The topological polar surface area (TPSA) is 71.7 Å². The SMILES string of the molecule is CCCCOCCCNC(=NCc1cc(C(C)C)no1)NCC. The first kappa shape index (κ1) is 19.5. The Labute approximate surface area is 140 Å². The fraction of sp³-hybridized carbons (Fsp3) is 0.765. The van der Waals surface area contributed by atoms with Crippen LogP contribution in [0.3, 0.4) is 0 Å². The van der Waals surface area contributed by atoms with Crippen LogP contribution in [0, 0.1) is 0 Å². The third-order valence-electron chi connectivity index (χ3n) is 3.31. The number of aromatic nitrogens is 1. The summed E-state index contributed by atoms with van der Waals surface area (Å²) in [6.45, 7) is 12.2. The molecule has 23 heavy (non-hydrogen) atoms. The number of nitrogens with zero attached hydrogens (tertiary/aromatic N) is 2. The van der Waals surface area contributed by atoms with Gasteiger partial charge in [0.1, 0.15) is 6.54 Å². The largest absolute Gasteiger partial charge is 0.381 e. The van der Waals surface area contributed by atoms with Gasteiger partial charge in [0.05, 0.1) is 5.69 Å². The number of hydrogen-bond acceptors (Lipinski definition) is 4. The summed E-state index contributed by atoms with van der Waals surface area (Å²) in [5.74, 6) is 1.95. The molecular weight excluding hydrogens is 292 g/mol. The number of aliphatic imine (C=N–C) groups is 1. The van der Waals surface area contributed by atoms with Gasteiger partial charge in [0.25, 0.3) is 0 Å². The van der Waals surface area contributed by atoms with Gasteiger partial charge in [0.2, 0.25) is 0 Å². The van der Waals surface area contributed by atoms with Gasteiger partial charge >= 0.3 is 0 Å². The fourth-order valence-corrected chi connectivity index (χ4v) is 1.90. The Balaban J connectivity index is 2.31.